The lowest BCUT2D eigenvalue weighted by Gasteiger charge is -2.14. The summed E-state index contributed by atoms with van der Waals surface area (Å²) < 4.78 is 1.39. The molecule has 2 aromatic rings. The molecule has 18 heavy (non-hydrogen) atoms. The molecule has 0 aliphatic heterocycles. The average Bonchev–Trinajstić information content (AvgIpc) is 2.98. The molecule has 8 heteroatoms. The lowest BCUT2D eigenvalue weighted by Crippen LogP contribution is -2.32. The van der Waals surface area contributed by atoms with Gasteiger partial charge in [0.05, 0.1) is 6.04 Å². The van der Waals surface area contributed by atoms with E-state index in [1.165, 1.54) is 11.0 Å². The van der Waals surface area contributed by atoms with Crippen LogP contribution >= 0.6 is 0 Å². The predicted octanol–water partition coefficient (Wildman–Crippen LogP) is -0.149. The predicted molar refractivity (Wildman–Crippen MR) is 64.2 cm³/mol. The van der Waals surface area contributed by atoms with Crippen LogP contribution in [-0.4, -0.2) is 30.6 Å². The summed E-state index contributed by atoms with van der Waals surface area (Å²) in [6.07, 6.45) is 5.55. The zero-order valence-electron chi connectivity index (χ0n) is 10.00. The van der Waals surface area contributed by atoms with Gasteiger partial charge >= 0.3 is 0 Å². The SMILES string of the molecule is CCC(NC(=O)Cn1cnc(N)n1)c1ncc[nH]1. The van der Waals surface area contributed by atoms with Gasteiger partial charge in [0.2, 0.25) is 11.9 Å². The van der Waals surface area contributed by atoms with Gasteiger partial charge in [0, 0.05) is 12.4 Å². The Bertz CT molecular complexity index is 504. The minimum absolute atomic E-state index is 0.0847. The Kier molecular flexibility index (Phi) is 3.56. The number of nitrogen functional groups attached to an aromatic ring is 1. The number of aromatic amines is 1. The minimum atomic E-state index is -0.164. The monoisotopic (exact) mass is 249 g/mol. The molecule has 1 amide bonds. The van der Waals surface area contributed by atoms with Crippen LogP contribution in [0.3, 0.4) is 0 Å². The third-order valence-corrected chi connectivity index (χ3v) is 2.45. The van der Waals surface area contributed by atoms with Crippen LogP contribution < -0.4 is 11.1 Å². The fourth-order valence-corrected chi connectivity index (χ4v) is 1.60. The van der Waals surface area contributed by atoms with E-state index < -0.39 is 0 Å². The number of nitrogens with two attached hydrogens (primary N) is 1. The second-order valence-corrected chi connectivity index (χ2v) is 3.80. The zero-order chi connectivity index (χ0) is 13.0. The van der Waals surface area contributed by atoms with Crippen molar-refractivity contribution in [3.8, 4) is 0 Å². The lowest BCUT2D eigenvalue weighted by atomic mass is 10.2. The first-order valence-corrected chi connectivity index (χ1v) is 5.62. The van der Waals surface area contributed by atoms with E-state index >= 15 is 0 Å². The summed E-state index contributed by atoms with van der Waals surface area (Å²) >= 11 is 0. The number of rotatable bonds is 5. The second-order valence-electron chi connectivity index (χ2n) is 3.80. The topological polar surface area (TPSA) is 115 Å². The van der Waals surface area contributed by atoms with Crippen LogP contribution in [0.25, 0.3) is 0 Å². The number of aromatic nitrogens is 5. The minimum Gasteiger partial charge on any atom is -0.367 e. The van der Waals surface area contributed by atoms with E-state index in [1.807, 2.05) is 6.92 Å². The van der Waals surface area contributed by atoms with Crippen LogP contribution in [0.15, 0.2) is 18.7 Å². The van der Waals surface area contributed by atoms with Crippen LogP contribution in [0.4, 0.5) is 5.95 Å². The van der Waals surface area contributed by atoms with E-state index in [9.17, 15) is 4.79 Å². The zero-order valence-corrected chi connectivity index (χ0v) is 10.00. The molecule has 0 aromatic carbocycles. The van der Waals surface area contributed by atoms with Gasteiger partial charge in [0.1, 0.15) is 18.7 Å². The van der Waals surface area contributed by atoms with Crippen molar-refractivity contribution in [1.29, 1.82) is 0 Å². The smallest absolute Gasteiger partial charge is 0.242 e. The van der Waals surface area contributed by atoms with Crippen LogP contribution in [-0.2, 0) is 11.3 Å². The maximum Gasteiger partial charge on any atom is 0.242 e. The van der Waals surface area contributed by atoms with Crippen LogP contribution in [0, 0.1) is 0 Å². The first-order valence-electron chi connectivity index (χ1n) is 5.62. The summed E-state index contributed by atoms with van der Waals surface area (Å²) in [5.74, 6) is 0.730. The average molecular weight is 249 g/mol. The first-order chi connectivity index (χ1) is 8.69. The Morgan fingerprint density at radius 2 is 2.44 bits per heavy atom. The summed E-state index contributed by atoms with van der Waals surface area (Å²) in [6, 6.07) is -0.131. The highest BCUT2D eigenvalue weighted by molar-refractivity contribution is 5.76. The fourth-order valence-electron chi connectivity index (χ4n) is 1.60. The van der Waals surface area contributed by atoms with Gasteiger partial charge in [-0.3, -0.25) is 4.79 Å². The quantitative estimate of drug-likeness (QED) is 0.681. The number of nitrogens with one attached hydrogen (secondary N) is 2. The highest BCUT2D eigenvalue weighted by Crippen LogP contribution is 2.10. The number of H-pyrrole nitrogens is 1. The molecule has 2 rings (SSSR count). The molecule has 2 aromatic heterocycles. The molecule has 0 aliphatic rings. The number of amides is 1. The summed E-state index contributed by atoms with van der Waals surface area (Å²) in [6.45, 7) is 2.06. The van der Waals surface area contributed by atoms with Gasteiger partial charge in [-0.1, -0.05) is 6.92 Å². The van der Waals surface area contributed by atoms with Crippen molar-refractivity contribution in [2.45, 2.75) is 25.9 Å². The largest absolute Gasteiger partial charge is 0.367 e. The number of anilines is 1. The Morgan fingerprint density at radius 1 is 1.61 bits per heavy atom. The fraction of sp³-hybridized carbons (Fsp3) is 0.400. The normalized spacial score (nSPS) is 12.3. The number of hydrogen-bond donors (Lipinski definition) is 3. The van der Waals surface area contributed by atoms with Crippen molar-refractivity contribution in [1.82, 2.24) is 30.0 Å². The van der Waals surface area contributed by atoms with Gasteiger partial charge in [0.15, 0.2) is 0 Å². The van der Waals surface area contributed by atoms with Crippen LogP contribution in [0.5, 0.6) is 0 Å². The summed E-state index contributed by atoms with van der Waals surface area (Å²) in [4.78, 5) is 22.7. The number of carbonyl (C=O) groups excluding carboxylic acids is 1. The van der Waals surface area contributed by atoms with Gasteiger partial charge in [0.25, 0.3) is 0 Å². The van der Waals surface area contributed by atoms with Gasteiger partial charge in [-0.05, 0) is 6.42 Å². The van der Waals surface area contributed by atoms with E-state index in [-0.39, 0.29) is 24.4 Å². The molecule has 2 heterocycles. The molecule has 0 bridgehead atoms. The Balaban J connectivity index is 1.94. The summed E-state index contributed by atoms with van der Waals surface area (Å²) in [5, 5.41) is 6.71. The molecule has 0 fully saturated rings. The molecule has 96 valence electrons. The molecule has 8 nitrogen and oxygen atoms in total. The highest BCUT2D eigenvalue weighted by atomic mass is 16.2. The van der Waals surface area contributed by atoms with Gasteiger partial charge in [-0.25, -0.2) is 14.6 Å². The van der Waals surface area contributed by atoms with E-state index in [1.54, 1.807) is 12.4 Å². The van der Waals surface area contributed by atoms with E-state index in [2.05, 4.69) is 25.4 Å². The number of imidazole rings is 1. The molecule has 0 saturated carbocycles. The Labute approximate surface area is 104 Å². The van der Waals surface area contributed by atoms with Gasteiger partial charge in [-0.15, -0.1) is 5.10 Å². The lowest BCUT2D eigenvalue weighted by molar-refractivity contribution is -0.122. The van der Waals surface area contributed by atoms with Gasteiger partial charge < -0.3 is 16.0 Å². The molecular weight excluding hydrogens is 234 g/mol. The molecule has 0 saturated heterocycles. The molecule has 4 N–H and O–H groups in total. The molecule has 0 spiro atoms. The maximum absolute atomic E-state index is 11.8. The molecule has 1 atom stereocenters. The van der Waals surface area contributed by atoms with Crippen molar-refractivity contribution in [3.63, 3.8) is 0 Å². The number of hydrogen-bond acceptors (Lipinski definition) is 5. The standard InChI is InChI=1S/C10H15N7O/c1-2-7(9-12-3-4-13-9)15-8(18)5-17-6-14-10(11)16-17/h3-4,6-7H,2,5H2,1H3,(H2,11,16)(H,12,13)(H,15,18). The third kappa shape index (κ3) is 2.84. The van der Waals surface area contributed by atoms with Crippen molar-refractivity contribution in [3.05, 3.63) is 24.5 Å². The highest BCUT2D eigenvalue weighted by Gasteiger charge is 2.15. The van der Waals surface area contributed by atoms with Gasteiger partial charge in [-0.2, -0.15) is 0 Å². The van der Waals surface area contributed by atoms with E-state index in [0.29, 0.717) is 0 Å². The molecule has 0 radical (unpaired) electrons. The molecule has 0 aliphatic carbocycles. The first kappa shape index (κ1) is 12.1. The van der Waals surface area contributed by atoms with E-state index in [4.69, 9.17) is 5.73 Å². The Hall–Kier alpha value is -2.38. The Morgan fingerprint density at radius 3 is 3.00 bits per heavy atom. The van der Waals surface area contributed by atoms with Crippen LogP contribution in [0.2, 0.25) is 0 Å². The molecule has 1 unspecified atom stereocenters. The third-order valence-electron chi connectivity index (χ3n) is 2.45. The van der Waals surface area contributed by atoms with Crippen molar-refractivity contribution < 1.29 is 4.79 Å². The maximum atomic E-state index is 11.8. The van der Waals surface area contributed by atoms with Crippen molar-refractivity contribution in [2.75, 3.05) is 5.73 Å². The summed E-state index contributed by atoms with van der Waals surface area (Å²) in [7, 11) is 0. The number of nitrogens with zero attached hydrogens (tertiary/aromatic N) is 4. The molecular formula is C10H15N7O. The van der Waals surface area contributed by atoms with Crippen LogP contribution in [0.1, 0.15) is 25.2 Å². The number of carbonyl (C=O) groups is 1. The van der Waals surface area contributed by atoms with E-state index in [0.717, 1.165) is 12.2 Å². The van der Waals surface area contributed by atoms with Crippen molar-refractivity contribution >= 4 is 11.9 Å². The summed E-state index contributed by atoms with van der Waals surface area (Å²) in [5.41, 5.74) is 5.37. The van der Waals surface area contributed by atoms with Crippen molar-refractivity contribution in [2.24, 2.45) is 0 Å². The second kappa shape index (κ2) is 5.30.